The van der Waals surface area contributed by atoms with Crippen molar-refractivity contribution in [3.8, 4) is 0 Å². The van der Waals surface area contributed by atoms with Crippen molar-refractivity contribution in [2.24, 2.45) is 4.99 Å². The molecule has 148 valence electrons. The number of carbonyl (C=O) groups is 1. The molecule has 0 spiro atoms. The number of nitrogens with zero attached hydrogens (tertiary/aromatic N) is 2. The van der Waals surface area contributed by atoms with E-state index in [1.165, 1.54) is 10.9 Å². The summed E-state index contributed by atoms with van der Waals surface area (Å²) in [6.45, 7) is 7.17. The Hall–Kier alpha value is -1.75. The summed E-state index contributed by atoms with van der Waals surface area (Å²) in [5, 5.41) is 10.1. The number of aromatic nitrogens is 1. The van der Waals surface area contributed by atoms with Gasteiger partial charge < -0.3 is 16.0 Å². The van der Waals surface area contributed by atoms with Gasteiger partial charge in [-0.2, -0.15) is 0 Å². The van der Waals surface area contributed by atoms with Crippen LogP contribution in [0, 0.1) is 26.6 Å². The van der Waals surface area contributed by atoms with Gasteiger partial charge >= 0.3 is 0 Å². The zero-order chi connectivity index (χ0) is 19.1. The number of benzene rings is 1. The second-order valence-electron chi connectivity index (χ2n) is 5.81. The van der Waals surface area contributed by atoms with E-state index in [4.69, 9.17) is 0 Å². The maximum absolute atomic E-state index is 13.5. The Bertz CT molecular complexity index is 809. The topological polar surface area (TPSA) is 78.4 Å². The van der Waals surface area contributed by atoms with Gasteiger partial charge in [-0.1, -0.05) is 6.07 Å². The zero-order valence-electron chi connectivity index (χ0n) is 15.9. The highest BCUT2D eigenvalue weighted by Gasteiger charge is 2.08. The summed E-state index contributed by atoms with van der Waals surface area (Å²) >= 11 is 1.65. The highest BCUT2D eigenvalue weighted by atomic mass is 127. The van der Waals surface area contributed by atoms with Crippen LogP contribution in [0.5, 0.6) is 0 Å². The van der Waals surface area contributed by atoms with Gasteiger partial charge in [0.2, 0.25) is 0 Å². The summed E-state index contributed by atoms with van der Waals surface area (Å²) < 4.78 is 13.5. The molecule has 0 saturated carbocycles. The summed E-state index contributed by atoms with van der Waals surface area (Å²) in [4.78, 5) is 21.7. The molecule has 0 unspecified atom stereocenters. The number of carbonyl (C=O) groups excluding carboxylic acids is 1. The van der Waals surface area contributed by atoms with Gasteiger partial charge in [-0.05, 0) is 38.5 Å². The molecule has 9 heteroatoms. The lowest BCUT2D eigenvalue weighted by molar-refractivity contribution is 0.0954. The predicted octanol–water partition coefficient (Wildman–Crippen LogP) is 2.92. The van der Waals surface area contributed by atoms with E-state index in [0.717, 1.165) is 10.7 Å². The molecule has 0 aliphatic rings. The van der Waals surface area contributed by atoms with Crippen molar-refractivity contribution in [2.45, 2.75) is 27.3 Å². The number of aryl methyl sites for hydroxylation is 3. The van der Waals surface area contributed by atoms with Crippen molar-refractivity contribution < 1.29 is 9.18 Å². The summed E-state index contributed by atoms with van der Waals surface area (Å²) in [5.74, 6) is -0.0375. The highest BCUT2D eigenvalue weighted by molar-refractivity contribution is 14.0. The van der Waals surface area contributed by atoms with Crippen LogP contribution in [0.15, 0.2) is 23.2 Å². The number of guanidine groups is 1. The first-order valence-corrected chi connectivity index (χ1v) is 9.14. The number of hydrogen-bond acceptors (Lipinski definition) is 4. The third-order valence-corrected chi connectivity index (χ3v) is 4.85. The zero-order valence-corrected chi connectivity index (χ0v) is 19.0. The van der Waals surface area contributed by atoms with Gasteiger partial charge in [0.25, 0.3) is 5.91 Å². The minimum Gasteiger partial charge on any atom is -0.355 e. The van der Waals surface area contributed by atoms with Crippen LogP contribution >= 0.6 is 35.3 Å². The molecular formula is C18H25FIN5OS. The molecule has 27 heavy (non-hydrogen) atoms. The van der Waals surface area contributed by atoms with Crippen LogP contribution < -0.4 is 16.0 Å². The minimum absolute atomic E-state index is 0. The molecule has 0 aliphatic carbocycles. The smallest absolute Gasteiger partial charge is 0.251 e. The molecule has 1 aromatic carbocycles. The van der Waals surface area contributed by atoms with E-state index >= 15 is 0 Å². The summed E-state index contributed by atoms with van der Waals surface area (Å²) in [5.41, 5.74) is 1.85. The van der Waals surface area contributed by atoms with Crippen LogP contribution in [0.1, 0.15) is 31.5 Å². The summed E-state index contributed by atoms with van der Waals surface area (Å²) in [7, 11) is 1.69. The molecule has 0 atom stereocenters. The second kappa shape index (κ2) is 11.2. The quantitative estimate of drug-likeness (QED) is 0.244. The summed E-state index contributed by atoms with van der Waals surface area (Å²) in [6.07, 6.45) is 0. The Balaban J connectivity index is 0.00000364. The fourth-order valence-corrected chi connectivity index (χ4v) is 3.19. The van der Waals surface area contributed by atoms with Crippen LogP contribution in [-0.2, 0) is 6.54 Å². The van der Waals surface area contributed by atoms with Crippen molar-refractivity contribution in [2.75, 3.05) is 20.1 Å². The van der Waals surface area contributed by atoms with E-state index in [0.29, 0.717) is 36.7 Å². The van der Waals surface area contributed by atoms with Gasteiger partial charge in [0.15, 0.2) is 5.96 Å². The SMILES string of the molecule is CN=C(NCCNC(=O)c1ccc(C)c(F)c1)NCc1sc(C)nc1C.I. The lowest BCUT2D eigenvalue weighted by Crippen LogP contribution is -2.41. The van der Waals surface area contributed by atoms with Gasteiger partial charge in [-0.15, -0.1) is 35.3 Å². The van der Waals surface area contributed by atoms with E-state index in [1.807, 2.05) is 13.8 Å². The van der Waals surface area contributed by atoms with Crippen LogP contribution in [0.2, 0.25) is 0 Å². The number of rotatable bonds is 6. The Morgan fingerprint density at radius 3 is 2.48 bits per heavy atom. The Morgan fingerprint density at radius 1 is 1.19 bits per heavy atom. The third-order valence-electron chi connectivity index (χ3n) is 3.78. The van der Waals surface area contributed by atoms with Crippen LogP contribution in [0.4, 0.5) is 4.39 Å². The number of nitrogens with one attached hydrogen (secondary N) is 3. The first-order chi connectivity index (χ1) is 12.4. The molecule has 2 rings (SSSR count). The lowest BCUT2D eigenvalue weighted by atomic mass is 10.1. The Morgan fingerprint density at radius 2 is 1.89 bits per heavy atom. The largest absolute Gasteiger partial charge is 0.355 e. The van der Waals surface area contributed by atoms with Crippen LogP contribution in [-0.4, -0.2) is 37.0 Å². The van der Waals surface area contributed by atoms with E-state index < -0.39 is 0 Å². The van der Waals surface area contributed by atoms with Crippen molar-refractivity contribution in [1.82, 2.24) is 20.9 Å². The van der Waals surface area contributed by atoms with Gasteiger partial charge in [-0.25, -0.2) is 9.37 Å². The van der Waals surface area contributed by atoms with Crippen molar-refractivity contribution in [3.05, 3.63) is 50.7 Å². The fraction of sp³-hybridized carbons (Fsp3) is 0.389. The van der Waals surface area contributed by atoms with Crippen LogP contribution in [0.3, 0.4) is 0 Å². The molecule has 0 radical (unpaired) electrons. The number of aliphatic imine (C=N–C) groups is 1. The molecule has 3 N–H and O–H groups in total. The van der Waals surface area contributed by atoms with Gasteiger partial charge in [0, 0.05) is 30.6 Å². The number of hydrogen-bond donors (Lipinski definition) is 3. The molecule has 0 bridgehead atoms. The average Bonchev–Trinajstić information content (AvgIpc) is 2.93. The molecular weight excluding hydrogens is 480 g/mol. The number of amides is 1. The van der Waals surface area contributed by atoms with E-state index in [-0.39, 0.29) is 35.7 Å². The van der Waals surface area contributed by atoms with Crippen molar-refractivity contribution in [1.29, 1.82) is 0 Å². The van der Waals surface area contributed by atoms with Gasteiger partial charge in [0.1, 0.15) is 5.82 Å². The monoisotopic (exact) mass is 505 g/mol. The standard InChI is InChI=1S/C18H24FN5OS.HI/c1-11-5-6-14(9-15(11)19)17(25)21-7-8-22-18(20-4)23-10-16-12(2)24-13(3)26-16;/h5-6,9H,7-8,10H2,1-4H3,(H,21,25)(H2,20,22,23);1H. The van der Waals surface area contributed by atoms with E-state index in [9.17, 15) is 9.18 Å². The molecule has 0 saturated heterocycles. The highest BCUT2D eigenvalue weighted by Crippen LogP contribution is 2.16. The predicted molar refractivity (Wildman–Crippen MR) is 119 cm³/mol. The normalized spacial score (nSPS) is 10.9. The Labute approximate surface area is 180 Å². The molecule has 1 amide bonds. The molecule has 2 aromatic rings. The fourth-order valence-electron chi connectivity index (χ4n) is 2.32. The van der Waals surface area contributed by atoms with Gasteiger partial charge in [0.05, 0.1) is 17.2 Å². The number of thiazole rings is 1. The molecule has 1 heterocycles. The van der Waals surface area contributed by atoms with E-state index in [1.54, 1.807) is 37.4 Å². The first-order valence-electron chi connectivity index (χ1n) is 8.32. The van der Waals surface area contributed by atoms with E-state index in [2.05, 4.69) is 25.9 Å². The summed E-state index contributed by atoms with van der Waals surface area (Å²) in [6, 6.07) is 4.45. The third kappa shape index (κ3) is 7.06. The van der Waals surface area contributed by atoms with Crippen molar-refractivity contribution in [3.63, 3.8) is 0 Å². The second-order valence-corrected chi connectivity index (χ2v) is 7.10. The van der Waals surface area contributed by atoms with Crippen molar-refractivity contribution >= 4 is 47.2 Å². The Kier molecular flexibility index (Phi) is 9.64. The first kappa shape index (κ1) is 23.3. The minimum atomic E-state index is -0.381. The molecule has 0 fully saturated rings. The average molecular weight is 505 g/mol. The maximum Gasteiger partial charge on any atom is 0.251 e. The lowest BCUT2D eigenvalue weighted by Gasteiger charge is -2.12. The molecule has 1 aromatic heterocycles. The number of halogens is 2. The molecule has 6 nitrogen and oxygen atoms in total. The molecule has 0 aliphatic heterocycles. The van der Waals surface area contributed by atoms with Crippen LogP contribution in [0.25, 0.3) is 0 Å². The maximum atomic E-state index is 13.5. The van der Waals surface area contributed by atoms with Gasteiger partial charge in [-0.3, -0.25) is 9.79 Å².